The van der Waals surface area contributed by atoms with E-state index in [9.17, 15) is 5.11 Å². The Kier molecular flexibility index (Phi) is 3.83. The third-order valence-electron chi connectivity index (χ3n) is 2.11. The summed E-state index contributed by atoms with van der Waals surface area (Å²) < 4.78 is 0. The van der Waals surface area contributed by atoms with E-state index in [1.54, 1.807) is 0 Å². The Balaban J connectivity index is 2.08. The topological polar surface area (TPSA) is 35.5 Å². The van der Waals surface area contributed by atoms with Gasteiger partial charge in [0.25, 0.3) is 0 Å². The van der Waals surface area contributed by atoms with E-state index in [0.29, 0.717) is 6.54 Å². The van der Waals surface area contributed by atoms with Crippen molar-refractivity contribution in [2.24, 2.45) is 0 Å². The van der Waals surface area contributed by atoms with Gasteiger partial charge in [-0.1, -0.05) is 0 Å². The SMILES string of the molecule is CNC[C@@H](O)CN1CCCC1. The first-order valence-corrected chi connectivity index (χ1v) is 4.38. The molecule has 3 nitrogen and oxygen atoms in total. The maximum atomic E-state index is 9.41. The van der Waals surface area contributed by atoms with Crippen LogP contribution in [0, 0.1) is 0 Å². The van der Waals surface area contributed by atoms with Crippen LogP contribution in [0.25, 0.3) is 0 Å². The van der Waals surface area contributed by atoms with Crippen LogP contribution in [-0.2, 0) is 0 Å². The zero-order valence-electron chi connectivity index (χ0n) is 7.21. The van der Waals surface area contributed by atoms with Gasteiger partial charge in [0.05, 0.1) is 6.10 Å². The van der Waals surface area contributed by atoms with Gasteiger partial charge < -0.3 is 15.3 Å². The number of likely N-dealkylation sites (tertiary alicyclic amines) is 1. The van der Waals surface area contributed by atoms with Crippen molar-refractivity contribution in [1.82, 2.24) is 10.2 Å². The second kappa shape index (κ2) is 4.70. The van der Waals surface area contributed by atoms with Crippen molar-refractivity contribution in [3.8, 4) is 0 Å². The molecule has 0 radical (unpaired) electrons. The van der Waals surface area contributed by atoms with E-state index in [1.807, 2.05) is 7.05 Å². The summed E-state index contributed by atoms with van der Waals surface area (Å²) in [6.45, 7) is 3.87. The van der Waals surface area contributed by atoms with Gasteiger partial charge in [0.1, 0.15) is 0 Å². The van der Waals surface area contributed by atoms with E-state index in [1.165, 1.54) is 25.9 Å². The lowest BCUT2D eigenvalue weighted by molar-refractivity contribution is 0.125. The highest BCUT2D eigenvalue weighted by atomic mass is 16.3. The fraction of sp³-hybridized carbons (Fsp3) is 1.00. The van der Waals surface area contributed by atoms with Crippen molar-refractivity contribution in [2.45, 2.75) is 18.9 Å². The number of rotatable bonds is 4. The average molecular weight is 158 g/mol. The molecule has 3 heteroatoms. The largest absolute Gasteiger partial charge is 0.390 e. The van der Waals surface area contributed by atoms with E-state index < -0.39 is 0 Å². The maximum absolute atomic E-state index is 9.41. The van der Waals surface area contributed by atoms with Crippen LogP contribution >= 0.6 is 0 Å². The highest BCUT2D eigenvalue weighted by Gasteiger charge is 2.14. The molecule has 0 aliphatic carbocycles. The lowest BCUT2D eigenvalue weighted by atomic mass is 10.3. The smallest absolute Gasteiger partial charge is 0.0791 e. The minimum absolute atomic E-state index is 0.196. The van der Waals surface area contributed by atoms with Gasteiger partial charge in [0.2, 0.25) is 0 Å². The Hall–Kier alpha value is -0.120. The molecule has 0 amide bonds. The maximum Gasteiger partial charge on any atom is 0.0791 e. The number of β-amino-alcohol motifs (C(OH)–C–C–N with tert-alkyl or cyclic N) is 1. The van der Waals surface area contributed by atoms with Crippen LogP contribution < -0.4 is 5.32 Å². The summed E-state index contributed by atoms with van der Waals surface area (Å²) in [6.07, 6.45) is 2.40. The summed E-state index contributed by atoms with van der Waals surface area (Å²) in [5.74, 6) is 0. The Labute approximate surface area is 68.4 Å². The zero-order valence-corrected chi connectivity index (χ0v) is 7.21. The molecular weight excluding hydrogens is 140 g/mol. The average Bonchev–Trinajstić information content (AvgIpc) is 2.40. The molecule has 1 aliphatic rings. The van der Waals surface area contributed by atoms with Crippen molar-refractivity contribution in [3.63, 3.8) is 0 Å². The molecule has 0 saturated carbocycles. The monoisotopic (exact) mass is 158 g/mol. The van der Waals surface area contributed by atoms with Gasteiger partial charge in [-0.25, -0.2) is 0 Å². The Bertz CT molecular complexity index is 102. The fourth-order valence-corrected chi connectivity index (χ4v) is 1.56. The van der Waals surface area contributed by atoms with Crippen LogP contribution in [-0.4, -0.2) is 49.3 Å². The van der Waals surface area contributed by atoms with Crippen molar-refractivity contribution in [1.29, 1.82) is 0 Å². The second-order valence-electron chi connectivity index (χ2n) is 3.22. The molecule has 0 spiro atoms. The molecule has 1 fully saturated rings. The molecule has 1 saturated heterocycles. The molecule has 1 rings (SSSR count). The van der Waals surface area contributed by atoms with Gasteiger partial charge >= 0.3 is 0 Å². The number of aliphatic hydroxyl groups is 1. The lowest BCUT2D eigenvalue weighted by Gasteiger charge is -2.18. The van der Waals surface area contributed by atoms with Gasteiger partial charge in [0, 0.05) is 13.1 Å². The molecule has 1 heterocycles. The minimum Gasteiger partial charge on any atom is -0.390 e. The van der Waals surface area contributed by atoms with Crippen LogP contribution in [0.2, 0.25) is 0 Å². The molecule has 0 unspecified atom stereocenters. The molecule has 1 aliphatic heterocycles. The minimum atomic E-state index is -0.196. The van der Waals surface area contributed by atoms with Crippen LogP contribution in [0.15, 0.2) is 0 Å². The molecule has 2 N–H and O–H groups in total. The van der Waals surface area contributed by atoms with E-state index in [-0.39, 0.29) is 6.10 Å². The van der Waals surface area contributed by atoms with Crippen molar-refractivity contribution >= 4 is 0 Å². The third-order valence-corrected chi connectivity index (χ3v) is 2.11. The van der Waals surface area contributed by atoms with Crippen molar-refractivity contribution < 1.29 is 5.11 Å². The normalized spacial score (nSPS) is 22.4. The van der Waals surface area contributed by atoms with Gasteiger partial charge in [-0.05, 0) is 33.0 Å². The quantitative estimate of drug-likeness (QED) is 0.587. The second-order valence-corrected chi connectivity index (χ2v) is 3.22. The van der Waals surface area contributed by atoms with E-state index in [2.05, 4.69) is 10.2 Å². The standard InChI is InChI=1S/C8H18N2O/c1-9-6-8(11)7-10-4-2-3-5-10/h8-9,11H,2-7H2,1H3/t8-/m1/s1. The number of likely N-dealkylation sites (N-methyl/N-ethyl adjacent to an activating group) is 1. The summed E-state index contributed by atoms with van der Waals surface area (Å²) in [5.41, 5.74) is 0. The summed E-state index contributed by atoms with van der Waals surface area (Å²) in [7, 11) is 1.87. The molecule has 0 aromatic rings. The number of nitrogens with zero attached hydrogens (tertiary/aromatic N) is 1. The number of nitrogens with one attached hydrogen (secondary N) is 1. The molecule has 0 aromatic heterocycles. The summed E-state index contributed by atoms with van der Waals surface area (Å²) in [6, 6.07) is 0. The lowest BCUT2D eigenvalue weighted by Crippen LogP contribution is -2.35. The molecule has 0 aromatic carbocycles. The summed E-state index contributed by atoms with van der Waals surface area (Å²) in [4.78, 5) is 2.32. The Morgan fingerprint density at radius 1 is 1.45 bits per heavy atom. The first kappa shape index (κ1) is 8.97. The predicted molar refractivity (Wildman–Crippen MR) is 45.6 cm³/mol. The van der Waals surface area contributed by atoms with E-state index in [0.717, 1.165) is 6.54 Å². The highest BCUT2D eigenvalue weighted by molar-refractivity contribution is 4.70. The summed E-state index contributed by atoms with van der Waals surface area (Å²) >= 11 is 0. The van der Waals surface area contributed by atoms with Gasteiger partial charge in [0.15, 0.2) is 0 Å². The molecular formula is C8H18N2O. The van der Waals surface area contributed by atoms with Crippen LogP contribution in [0.5, 0.6) is 0 Å². The molecule has 1 atom stereocenters. The van der Waals surface area contributed by atoms with Gasteiger partial charge in [-0.2, -0.15) is 0 Å². The van der Waals surface area contributed by atoms with Crippen LogP contribution in [0.4, 0.5) is 0 Å². The van der Waals surface area contributed by atoms with Crippen molar-refractivity contribution in [2.75, 3.05) is 33.2 Å². The van der Waals surface area contributed by atoms with Crippen molar-refractivity contribution in [3.05, 3.63) is 0 Å². The molecule has 0 bridgehead atoms. The number of hydrogen-bond acceptors (Lipinski definition) is 3. The Morgan fingerprint density at radius 2 is 2.09 bits per heavy atom. The number of aliphatic hydroxyl groups excluding tert-OH is 1. The van der Waals surface area contributed by atoms with E-state index >= 15 is 0 Å². The first-order valence-electron chi connectivity index (χ1n) is 4.38. The number of hydrogen-bond donors (Lipinski definition) is 2. The van der Waals surface area contributed by atoms with Gasteiger partial charge in [-0.3, -0.25) is 0 Å². The van der Waals surface area contributed by atoms with Gasteiger partial charge in [-0.15, -0.1) is 0 Å². The Morgan fingerprint density at radius 3 is 2.64 bits per heavy atom. The highest BCUT2D eigenvalue weighted by Crippen LogP contribution is 2.06. The van der Waals surface area contributed by atoms with Crippen LogP contribution in [0.3, 0.4) is 0 Å². The van der Waals surface area contributed by atoms with E-state index in [4.69, 9.17) is 0 Å². The first-order chi connectivity index (χ1) is 5.33. The predicted octanol–water partition coefficient (Wildman–Crippen LogP) is -0.338. The van der Waals surface area contributed by atoms with Crippen LogP contribution in [0.1, 0.15) is 12.8 Å². The zero-order chi connectivity index (χ0) is 8.10. The fourth-order valence-electron chi connectivity index (χ4n) is 1.56. The summed E-state index contributed by atoms with van der Waals surface area (Å²) in [5, 5.41) is 12.4. The molecule has 66 valence electrons. The third kappa shape index (κ3) is 3.18. The molecule has 11 heavy (non-hydrogen) atoms.